The molecule has 2 fully saturated rings. The van der Waals surface area contributed by atoms with Gasteiger partial charge in [0.05, 0.1) is 23.6 Å². The summed E-state index contributed by atoms with van der Waals surface area (Å²) in [6, 6.07) is 28.8. The SMILES string of the molecule is CC/C(=C\c1ccc(O)c2ccccc12)CC[C@H]1OB(O)C[C@H]2C1=C(C(C)C)C[C@H]1C(=O)N(c3ccc(Nc4ccccc4)cc3)C(=O)[C@H]12. The molecule has 4 aromatic carbocycles. The van der Waals surface area contributed by atoms with Gasteiger partial charge in [0.1, 0.15) is 5.75 Å². The Balaban J connectivity index is 1.14. The number of hydrogen-bond donors (Lipinski definition) is 3. The van der Waals surface area contributed by atoms with Crippen LogP contribution in [0.15, 0.2) is 108 Å². The molecule has 4 atom stereocenters. The lowest BCUT2D eigenvalue weighted by Gasteiger charge is -2.44. The van der Waals surface area contributed by atoms with Gasteiger partial charge in [-0.3, -0.25) is 14.5 Å². The van der Waals surface area contributed by atoms with E-state index in [-0.39, 0.29) is 35.5 Å². The predicted molar refractivity (Wildman–Crippen MR) is 196 cm³/mol. The van der Waals surface area contributed by atoms with Crippen molar-refractivity contribution in [3.63, 3.8) is 0 Å². The Morgan fingerprint density at radius 3 is 2.33 bits per heavy atom. The van der Waals surface area contributed by atoms with E-state index in [0.717, 1.165) is 46.1 Å². The minimum Gasteiger partial charge on any atom is -0.507 e. The van der Waals surface area contributed by atoms with Crippen LogP contribution in [0, 0.1) is 23.7 Å². The third kappa shape index (κ3) is 6.31. The molecule has 0 spiro atoms. The first-order valence-electron chi connectivity index (χ1n) is 17.5. The third-order valence-corrected chi connectivity index (χ3v) is 10.6. The first kappa shape index (κ1) is 32.9. The molecule has 7 nitrogen and oxygen atoms in total. The van der Waals surface area contributed by atoms with E-state index >= 15 is 0 Å². The molecule has 49 heavy (non-hydrogen) atoms. The number of carbonyl (C=O) groups is 2. The van der Waals surface area contributed by atoms with Gasteiger partial charge in [0, 0.05) is 16.8 Å². The van der Waals surface area contributed by atoms with Crippen LogP contribution in [0.4, 0.5) is 17.1 Å². The van der Waals surface area contributed by atoms with Crippen LogP contribution in [0.1, 0.15) is 52.0 Å². The van der Waals surface area contributed by atoms with Crippen molar-refractivity contribution < 1.29 is 24.4 Å². The molecule has 0 radical (unpaired) electrons. The second kappa shape index (κ2) is 13.7. The highest BCUT2D eigenvalue weighted by atomic mass is 16.5. The molecule has 0 aromatic heterocycles. The lowest BCUT2D eigenvalue weighted by Crippen LogP contribution is -2.46. The number of phenolic OH excluding ortho intramolecular Hbond substituents is 1. The maximum absolute atomic E-state index is 14.2. The molecular weight excluding hydrogens is 611 g/mol. The molecule has 4 aromatic rings. The fourth-order valence-corrected chi connectivity index (χ4v) is 8.21. The predicted octanol–water partition coefficient (Wildman–Crippen LogP) is 8.52. The van der Waals surface area contributed by atoms with Gasteiger partial charge in [0.15, 0.2) is 0 Å². The fourth-order valence-electron chi connectivity index (χ4n) is 8.21. The van der Waals surface area contributed by atoms with Gasteiger partial charge in [0.25, 0.3) is 0 Å². The van der Waals surface area contributed by atoms with Crippen molar-refractivity contribution in [1.82, 2.24) is 0 Å². The maximum atomic E-state index is 14.2. The van der Waals surface area contributed by atoms with E-state index in [1.807, 2.05) is 84.9 Å². The minimum atomic E-state index is -1.01. The molecule has 250 valence electrons. The standard InChI is InChI=1S/C41H43BN2O5/c1-4-26(22-27-15-20-36(45)32-13-9-8-12-31(27)32)14-21-37-38-33(25(2)3)23-34-39(35(38)24-42(48)49-37)41(47)44(40(34)46)30-18-16-29(17-19-30)43-28-10-6-5-7-11-28/h5-13,15-20,22,25,34-35,37,39,43,45,48H,4,14,21,23-24H2,1-3H3/b26-22+/t34-,35+,37-,39-/m1/s1. The van der Waals surface area contributed by atoms with Crippen molar-refractivity contribution in [2.75, 3.05) is 10.2 Å². The molecule has 0 unspecified atom stereocenters. The van der Waals surface area contributed by atoms with Gasteiger partial charge in [-0.15, -0.1) is 0 Å². The van der Waals surface area contributed by atoms with E-state index in [0.29, 0.717) is 24.8 Å². The zero-order valence-corrected chi connectivity index (χ0v) is 28.3. The summed E-state index contributed by atoms with van der Waals surface area (Å²) in [4.78, 5) is 29.6. The number of para-hydroxylation sites is 1. The van der Waals surface area contributed by atoms with E-state index in [1.165, 1.54) is 16.0 Å². The molecule has 3 N–H and O–H groups in total. The van der Waals surface area contributed by atoms with E-state index in [1.54, 1.807) is 6.07 Å². The summed E-state index contributed by atoms with van der Waals surface area (Å²) in [6.45, 7) is 6.43. The summed E-state index contributed by atoms with van der Waals surface area (Å²) in [6.07, 6.45) is 4.93. The number of rotatable bonds is 9. The smallest absolute Gasteiger partial charge is 0.455 e. The number of fused-ring (bicyclic) bond motifs is 4. The molecule has 2 aliphatic heterocycles. The number of anilines is 3. The van der Waals surface area contributed by atoms with Crippen LogP contribution in [0.5, 0.6) is 5.75 Å². The van der Waals surface area contributed by atoms with Crippen LogP contribution in [0.25, 0.3) is 16.8 Å². The zero-order valence-electron chi connectivity index (χ0n) is 28.3. The summed E-state index contributed by atoms with van der Waals surface area (Å²) in [5.74, 6) is -1.17. The first-order chi connectivity index (χ1) is 23.7. The Hall–Kier alpha value is -4.66. The highest BCUT2D eigenvalue weighted by molar-refractivity contribution is 6.43. The lowest BCUT2D eigenvalue weighted by atomic mass is 9.57. The van der Waals surface area contributed by atoms with Crippen LogP contribution in [-0.2, 0) is 14.2 Å². The first-order valence-corrected chi connectivity index (χ1v) is 17.5. The molecule has 2 heterocycles. The van der Waals surface area contributed by atoms with Gasteiger partial charge in [-0.05, 0) is 103 Å². The number of allylic oxidation sites excluding steroid dienone is 2. The number of hydrogen-bond acceptors (Lipinski definition) is 6. The van der Waals surface area contributed by atoms with Crippen molar-refractivity contribution >= 4 is 52.8 Å². The molecular formula is C41H43BN2O5. The number of imide groups is 1. The molecule has 7 rings (SSSR count). The van der Waals surface area contributed by atoms with Crippen LogP contribution in [0.2, 0.25) is 6.32 Å². The number of nitrogens with zero attached hydrogens (tertiary/aromatic N) is 1. The van der Waals surface area contributed by atoms with E-state index in [9.17, 15) is 19.7 Å². The maximum Gasteiger partial charge on any atom is 0.455 e. The van der Waals surface area contributed by atoms with Gasteiger partial charge in [0.2, 0.25) is 11.8 Å². The normalized spacial score (nSPS) is 22.6. The third-order valence-electron chi connectivity index (χ3n) is 10.6. The van der Waals surface area contributed by atoms with Gasteiger partial charge >= 0.3 is 7.12 Å². The fraction of sp³-hybridized carbons (Fsp3) is 0.317. The molecule has 2 saturated heterocycles. The zero-order chi connectivity index (χ0) is 34.2. The summed E-state index contributed by atoms with van der Waals surface area (Å²) in [5, 5.41) is 26.6. The number of benzene rings is 4. The van der Waals surface area contributed by atoms with Crippen molar-refractivity contribution in [3.05, 3.63) is 113 Å². The lowest BCUT2D eigenvalue weighted by molar-refractivity contribution is -0.122. The molecule has 3 aliphatic rings. The molecule has 8 heteroatoms. The molecule has 2 amide bonds. The van der Waals surface area contributed by atoms with Crippen LogP contribution < -0.4 is 10.2 Å². The second-order valence-corrected chi connectivity index (χ2v) is 13.9. The Morgan fingerprint density at radius 1 is 0.918 bits per heavy atom. The van der Waals surface area contributed by atoms with Crippen molar-refractivity contribution in [2.24, 2.45) is 23.7 Å². The quantitative estimate of drug-likeness (QED) is 0.0951. The minimum absolute atomic E-state index is 0.161. The Kier molecular flexibility index (Phi) is 9.18. The van der Waals surface area contributed by atoms with Crippen LogP contribution in [0.3, 0.4) is 0 Å². The summed E-state index contributed by atoms with van der Waals surface area (Å²) in [7, 11) is -1.01. The highest BCUT2D eigenvalue weighted by Gasteiger charge is 2.57. The largest absolute Gasteiger partial charge is 0.507 e. The Morgan fingerprint density at radius 2 is 1.61 bits per heavy atom. The second-order valence-electron chi connectivity index (χ2n) is 13.9. The van der Waals surface area contributed by atoms with Gasteiger partial charge in [-0.1, -0.05) is 86.5 Å². The Bertz CT molecular complexity index is 1940. The van der Waals surface area contributed by atoms with Crippen LogP contribution >= 0.6 is 0 Å². The molecule has 1 aliphatic carbocycles. The monoisotopic (exact) mass is 654 g/mol. The highest BCUT2D eigenvalue weighted by Crippen LogP contribution is 2.52. The van der Waals surface area contributed by atoms with E-state index in [4.69, 9.17) is 4.65 Å². The van der Waals surface area contributed by atoms with Crippen LogP contribution in [-0.4, -0.2) is 35.2 Å². The number of amides is 2. The van der Waals surface area contributed by atoms with Gasteiger partial charge in [-0.2, -0.15) is 0 Å². The number of carbonyl (C=O) groups excluding carboxylic acids is 2. The van der Waals surface area contributed by atoms with Gasteiger partial charge < -0.3 is 20.1 Å². The van der Waals surface area contributed by atoms with Crippen molar-refractivity contribution in [1.29, 1.82) is 0 Å². The number of aromatic hydroxyl groups is 1. The average Bonchev–Trinajstić information content (AvgIpc) is 3.36. The summed E-state index contributed by atoms with van der Waals surface area (Å²) in [5.41, 5.74) is 6.97. The summed E-state index contributed by atoms with van der Waals surface area (Å²) >= 11 is 0. The number of nitrogens with one attached hydrogen (secondary N) is 1. The van der Waals surface area contributed by atoms with Crippen molar-refractivity contribution in [3.8, 4) is 5.75 Å². The number of phenols is 1. The topological polar surface area (TPSA) is 99.1 Å². The summed E-state index contributed by atoms with van der Waals surface area (Å²) < 4.78 is 6.27. The Labute approximate surface area is 288 Å². The van der Waals surface area contributed by atoms with E-state index < -0.39 is 19.0 Å². The van der Waals surface area contributed by atoms with Crippen molar-refractivity contribution in [2.45, 2.75) is 58.9 Å². The molecule has 0 saturated carbocycles. The van der Waals surface area contributed by atoms with E-state index in [2.05, 4.69) is 32.2 Å². The molecule has 0 bridgehead atoms. The average molecular weight is 655 g/mol. The van der Waals surface area contributed by atoms with Gasteiger partial charge in [-0.25, -0.2) is 0 Å².